The lowest BCUT2D eigenvalue weighted by atomic mass is 10.0. The van der Waals surface area contributed by atoms with Crippen molar-refractivity contribution < 1.29 is 47.6 Å². The fraction of sp³-hybridized carbons (Fsp3) is 0.235. The van der Waals surface area contributed by atoms with Gasteiger partial charge in [-0.2, -0.15) is 5.10 Å². The van der Waals surface area contributed by atoms with Crippen LogP contribution in [0.2, 0.25) is 0 Å². The minimum Gasteiger partial charge on any atom is -0.508 e. The number of fused-ring (bicyclic) bond motifs is 1. The third kappa shape index (κ3) is 10.1. The summed E-state index contributed by atoms with van der Waals surface area (Å²) in [5.74, 6) is -1.86. The summed E-state index contributed by atoms with van der Waals surface area (Å²) < 4.78 is 20.9. The van der Waals surface area contributed by atoms with E-state index in [1.807, 2.05) is 0 Å². The topological polar surface area (TPSA) is 237 Å². The standard InChI is InChI=1S/C34H34N5O11P/c1-20-15-31(42)39(38-20)24-7-5-22(6-8-24)33(44)35-13-2-14-36-34(45)28(16-21-3-10-26(11-4-21)50-51(46,47)48)37-30(41)17-23-18-32(43)49-29-19-25(40)9-12-27(23)29/h3-12,18-19,28,40H,2,13-17H2,1H3,(H,35,44)(H,36,45)(H,37,41)(H2,46,47,48)/t28-/m0/s1. The van der Waals surface area contributed by atoms with Gasteiger partial charge in [-0.1, -0.05) is 12.1 Å². The summed E-state index contributed by atoms with van der Waals surface area (Å²) in [6.45, 7) is 2.12. The number of carbonyl (C=O) groups is 4. The van der Waals surface area contributed by atoms with Crippen LogP contribution in [0.25, 0.3) is 11.0 Å². The van der Waals surface area contributed by atoms with Crippen molar-refractivity contribution in [3.05, 3.63) is 99.9 Å². The molecule has 0 unspecified atom stereocenters. The van der Waals surface area contributed by atoms with E-state index >= 15 is 0 Å². The van der Waals surface area contributed by atoms with Crippen molar-refractivity contribution in [2.75, 3.05) is 18.1 Å². The average molecular weight is 720 g/mol. The highest BCUT2D eigenvalue weighted by atomic mass is 31.2. The fourth-order valence-corrected chi connectivity index (χ4v) is 5.69. The molecule has 1 atom stereocenters. The molecule has 0 radical (unpaired) electrons. The second-order valence-electron chi connectivity index (χ2n) is 11.7. The summed E-state index contributed by atoms with van der Waals surface area (Å²) in [6.07, 6.45) is 0.285. The molecule has 0 bridgehead atoms. The fourth-order valence-electron chi connectivity index (χ4n) is 5.29. The SMILES string of the molecule is CC1=NN(c2ccc(C(=O)NCCCNC(=O)[C@H](Cc3ccc(OP(=O)(O)O)cc3)NC(=O)Cc3cc(=O)oc4cc(O)ccc34)cc2)C(=O)C1. The van der Waals surface area contributed by atoms with Crippen LogP contribution in [0.3, 0.4) is 0 Å². The zero-order valence-corrected chi connectivity index (χ0v) is 28.1. The van der Waals surface area contributed by atoms with E-state index < -0.39 is 31.3 Å². The zero-order valence-electron chi connectivity index (χ0n) is 27.2. The zero-order chi connectivity index (χ0) is 36.7. The van der Waals surface area contributed by atoms with Gasteiger partial charge in [0.25, 0.3) is 11.8 Å². The first-order chi connectivity index (χ1) is 24.2. The highest BCUT2D eigenvalue weighted by Crippen LogP contribution is 2.37. The number of amides is 4. The molecule has 0 saturated carbocycles. The van der Waals surface area contributed by atoms with Crippen LogP contribution < -0.4 is 31.1 Å². The maximum Gasteiger partial charge on any atom is 0.524 e. The molecule has 4 amide bonds. The lowest BCUT2D eigenvalue weighted by molar-refractivity contribution is -0.128. The van der Waals surface area contributed by atoms with E-state index in [2.05, 4.69) is 25.6 Å². The van der Waals surface area contributed by atoms with E-state index in [0.29, 0.717) is 39.9 Å². The van der Waals surface area contributed by atoms with Crippen molar-refractivity contribution in [1.29, 1.82) is 0 Å². The van der Waals surface area contributed by atoms with Crippen LogP contribution in [0.4, 0.5) is 5.69 Å². The summed E-state index contributed by atoms with van der Waals surface area (Å²) in [7, 11) is -4.78. The monoisotopic (exact) mass is 719 g/mol. The molecule has 0 spiro atoms. The van der Waals surface area contributed by atoms with Gasteiger partial charge >= 0.3 is 13.4 Å². The third-order valence-corrected chi connectivity index (χ3v) is 8.08. The molecule has 0 aliphatic carbocycles. The van der Waals surface area contributed by atoms with Crippen LogP contribution in [0, 0.1) is 0 Å². The van der Waals surface area contributed by atoms with Crippen LogP contribution in [0.1, 0.15) is 41.3 Å². The van der Waals surface area contributed by atoms with Gasteiger partial charge < -0.3 is 30.0 Å². The number of nitrogens with one attached hydrogen (secondary N) is 3. The van der Waals surface area contributed by atoms with Gasteiger partial charge in [-0.3, -0.25) is 29.0 Å². The molecule has 16 nitrogen and oxygen atoms in total. The Bertz CT molecular complexity index is 2090. The number of benzene rings is 3. The molecular weight excluding hydrogens is 685 g/mol. The number of anilines is 1. The van der Waals surface area contributed by atoms with Crippen LogP contribution >= 0.6 is 7.82 Å². The van der Waals surface area contributed by atoms with E-state index in [1.54, 1.807) is 31.2 Å². The van der Waals surface area contributed by atoms with Crippen molar-refractivity contribution in [3.8, 4) is 11.5 Å². The van der Waals surface area contributed by atoms with Gasteiger partial charge in [0, 0.05) is 48.3 Å². The molecule has 1 aromatic heterocycles. The van der Waals surface area contributed by atoms with Crippen LogP contribution in [0.15, 0.2) is 87.1 Å². The summed E-state index contributed by atoms with van der Waals surface area (Å²) in [5, 5.41) is 23.9. The highest BCUT2D eigenvalue weighted by Gasteiger charge is 2.24. The number of phosphoric ester groups is 1. The molecule has 17 heteroatoms. The molecule has 266 valence electrons. The number of aromatic hydroxyl groups is 1. The number of rotatable bonds is 14. The number of phenolic OH excluding ortho intramolecular Hbond substituents is 1. The molecule has 2 heterocycles. The Morgan fingerprint density at radius 3 is 2.35 bits per heavy atom. The van der Waals surface area contributed by atoms with Gasteiger partial charge in [0.2, 0.25) is 11.8 Å². The highest BCUT2D eigenvalue weighted by molar-refractivity contribution is 7.46. The first-order valence-electron chi connectivity index (χ1n) is 15.7. The van der Waals surface area contributed by atoms with Gasteiger partial charge in [-0.15, -0.1) is 0 Å². The summed E-state index contributed by atoms with van der Waals surface area (Å²) in [4.78, 5) is 81.5. The third-order valence-electron chi connectivity index (χ3n) is 7.63. The molecule has 4 aromatic rings. The van der Waals surface area contributed by atoms with Crippen molar-refractivity contribution in [1.82, 2.24) is 16.0 Å². The maximum atomic E-state index is 13.3. The minimum atomic E-state index is -4.78. The van der Waals surface area contributed by atoms with Crippen molar-refractivity contribution in [2.24, 2.45) is 5.10 Å². The Labute approximate surface area is 290 Å². The number of hydrogen-bond acceptors (Lipinski definition) is 10. The van der Waals surface area contributed by atoms with E-state index in [4.69, 9.17) is 14.2 Å². The Morgan fingerprint density at radius 1 is 0.980 bits per heavy atom. The number of phenols is 1. The largest absolute Gasteiger partial charge is 0.524 e. The quantitative estimate of drug-likeness (QED) is 0.0628. The van der Waals surface area contributed by atoms with Gasteiger partial charge in [-0.25, -0.2) is 14.4 Å². The van der Waals surface area contributed by atoms with Crippen molar-refractivity contribution in [3.63, 3.8) is 0 Å². The normalized spacial score (nSPS) is 13.4. The van der Waals surface area contributed by atoms with Crippen molar-refractivity contribution in [2.45, 2.75) is 38.6 Å². The molecule has 6 N–H and O–H groups in total. The number of nitrogens with zero attached hydrogens (tertiary/aromatic N) is 2. The molecule has 1 aliphatic rings. The van der Waals surface area contributed by atoms with Gasteiger partial charge in [0.1, 0.15) is 23.1 Å². The molecule has 51 heavy (non-hydrogen) atoms. The molecule has 0 saturated heterocycles. The lowest BCUT2D eigenvalue weighted by Crippen LogP contribution is -2.49. The Balaban J connectivity index is 1.19. The van der Waals surface area contributed by atoms with Gasteiger partial charge in [-0.05, 0) is 73.0 Å². The first kappa shape index (κ1) is 36.5. The Morgan fingerprint density at radius 2 is 1.69 bits per heavy atom. The number of carbonyl (C=O) groups excluding carboxylic acids is 4. The smallest absolute Gasteiger partial charge is 0.508 e. The van der Waals surface area contributed by atoms with Crippen molar-refractivity contribution >= 4 is 53.8 Å². The summed E-state index contributed by atoms with van der Waals surface area (Å²) in [6, 6.07) is 16.2. The minimum absolute atomic E-state index is 0.0139. The van der Waals surface area contributed by atoms with E-state index in [-0.39, 0.29) is 61.2 Å². The predicted molar refractivity (Wildman–Crippen MR) is 184 cm³/mol. The van der Waals surface area contributed by atoms with Gasteiger partial charge in [0.05, 0.1) is 18.5 Å². The summed E-state index contributed by atoms with van der Waals surface area (Å²) in [5.41, 5.74) is 1.83. The maximum absolute atomic E-state index is 13.3. The predicted octanol–water partition coefficient (Wildman–Crippen LogP) is 2.29. The van der Waals surface area contributed by atoms with Crippen LogP contribution in [0.5, 0.6) is 11.5 Å². The van der Waals surface area contributed by atoms with E-state index in [1.165, 1.54) is 47.5 Å². The molecular formula is C34H34N5O11P. The number of phosphoric acid groups is 1. The average Bonchev–Trinajstić information content (AvgIpc) is 3.41. The van der Waals surface area contributed by atoms with E-state index in [9.17, 15) is 33.6 Å². The second kappa shape index (κ2) is 15.8. The van der Waals surface area contributed by atoms with Gasteiger partial charge in [0.15, 0.2) is 0 Å². The number of hydrogen-bond donors (Lipinski definition) is 6. The molecule has 1 aliphatic heterocycles. The van der Waals surface area contributed by atoms with Crippen LogP contribution in [-0.4, -0.2) is 63.4 Å². The van der Waals surface area contributed by atoms with E-state index in [0.717, 1.165) is 6.07 Å². The molecule has 3 aromatic carbocycles. The Kier molecular flexibility index (Phi) is 11.3. The molecule has 5 rings (SSSR count). The summed E-state index contributed by atoms with van der Waals surface area (Å²) >= 11 is 0. The first-order valence-corrected chi connectivity index (χ1v) is 17.2. The number of hydrazone groups is 1. The van der Waals surface area contributed by atoms with Crippen LogP contribution in [-0.2, 0) is 31.8 Å². The second-order valence-corrected chi connectivity index (χ2v) is 12.8. The lowest BCUT2D eigenvalue weighted by Gasteiger charge is -2.19. The Hall–Kier alpha value is -5.83. The molecule has 0 fully saturated rings.